The predicted molar refractivity (Wildman–Crippen MR) is 72.4 cm³/mol. The number of aromatic nitrogens is 1. The highest BCUT2D eigenvalue weighted by molar-refractivity contribution is 9.15. The fourth-order valence-electron chi connectivity index (χ4n) is 2.01. The molecule has 0 amide bonds. The summed E-state index contributed by atoms with van der Waals surface area (Å²) in [5, 5.41) is 0. The van der Waals surface area contributed by atoms with Crippen LogP contribution in [0.4, 0.5) is 0 Å². The molecule has 0 aliphatic heterocycles. The number of hydrogen-bond acceptors (Lipinski definition) is 2. The van der Waals surface area contributed by atoms with Gasteiger partial charge in [0.15, 0.2) is 0 Å². The smallest absolute Gasteiger partial charge is 0.217 e. The second kappa shape index (κ2) is 4.45. The van der Waals surface area contributed by atoms with E-state index < -0.39 is 0 Å². The van der Waals surface area contributed by atoms with E-state index in [2.05, 4.69) is 39.1 Å². The van der Waals surface area contributed by atoms with Crippen molar-refractivity contribution in [1.82, 2.24) is 4.98 Å². The number of hydrogen-bond donors (Lipinski definition) is 0. The normalized spacial score (nSPS) is 20.5. The van der Waals surface area contributed by atoms with E-state index in [-0.39, 0.29) is 0 Å². The third-order valence-electron chi connectivity index (χ3n) is 3.35. The van der Waals surface area contributed by atoms with Gasteiger partial charge >= 0.3 is 0 Å². The van der Waals surface area contributed by atoms with Gasteiger partial charge in [0.2, 0.25) is 5.88 Å². The van der Waals surface area contributed by atoms with E-state index in [1.54, 1.807) is 7.11 Å². The van der Waals surface area contributed by atoms with E-state index in [0.29, 0.717) is 5.92 Å². The second-order valence-electron chi connectivity index (χ2n) is 4.92. The average Bonchev–Trinajstić information content (AvgIpc) is 3.21. The van der Waals surface area contributed by atoms with Crippen LogP contribution < -0.4 is 4.74 Å². The highest BCUT2D eigenvalue weighted by Gasteiger charge is 2.28. The van der Waals surface area contributed by atoms with Crippen LogP contribution >= 0.6 is 15.9 Å². The van der Waals surface area contributed by atoms with Gasteiger partial charge in [-0.15, -0.1) is 0 Å². The maximum atomic E-state index is 5.40. The average molecular weight is 294 g/mol. The van der Waals surface area contributed by atoms with Gasteiger partial charge < -0.3 is 4.74 Å². The summed E-state index contributed by atoms with van der Waals surface area (Å²) in [4.78, 5) is 4.60. The first-order valence-corrected chi connectivity index (χ1v) is 7.00. The van der Waals surface area contributed by atoms with Crippen molar-refractivity contribution in [3.63, 3.8) is 0 Å². The first-order valence-electron chi connectivity index (χ1n) is 6.20. The highest BCUT2D eigenvalue weighted by atomic mass is 79.9. The lowest BCUT2D eigenvalue weighted by molar-refractivity contribution is 0.392. The zero-order valence-corrected chi connectivity index (χ0v) is 11.5. The molecule has 2 fully saturated rings. The molecule has 1 heterocycles. The maximum absolute atomic E-state index is 5.40. The van der Waals surface area contributed by atoms with E-state index in [0.717, 1.165) is 22.0 Å². The van der Waals surface area contributed by atoms with E-state index in [4.69, 9.17) is 4.74 Å². The van der Waals surface area contributed by atoms with E-state index >= 15 is 0 Å². The van der Waals surface area contributed by atoms with Crippen molar-refractivity contribution in [2.24, 2.45) is 5.92 Å². The van der Waals surface area contributed by atoms with Gasteiger partial charge in [0.05, 0.1) is 12.8 Å². The molecule has 0 N–H and O–H groups in total. The molecule has 2 aliphatic rings. The molecule has 0 aromatic carbocycles. The zero-order valence-electron chi connectivity index (χ0n) is 9.95. The third kappa shape index (κ3) is 2.54. The predicted octanol–water partition coefficient (Wildman–Crippen LogP) is 4.11. The molecule has 1 aromatic rings. The van der Waals surface area contributed by atoms with Gasteiger partial charge in [0, 0.05) is 10.0 Å². The van der Waals surface area contributed by atoms with Crippen molar-refractivity contribution < 1.29 is 4.74 Å². The molecule has 90 valence electrons. The molecule has 0 bridgehead atoms. The Morgan fingerprint density at radius 1 is 1.35 bits per heavy atom. The van der Waals surface area contributed by atoms with Gasteiger partial charge in [-0.3, -0.25) is 0 Å². The van der Waals surface area contributed by atoms with E-state index in [9.17, 15) is 0 Å². The molecule has 2 aliphatic carbocycles. The molecule has 3 heteroatoms. The van der Waals surface area contributed by atoms with Crippen LogP contribution in [-0.4, -0.2) is 12.1 Å². The van der Waals surface area contributed by atoms with Crippen LogP contribution in [0.3, 0.4) is 0 Å². The lowest BCUT2D eigenvalue weighted by Gasteiger charge is -2.08. The summed E-state index contributed by atoms with van der Waals surface area (Å²) in [6, 6.07) is 4.26. The van der Waals surface area contributed by atoms with Crippen LogP contribution in [0, 0.1) is 5.92 Å². The number of rotatable bonds is 4. The monoisotopic (exact) mass is 293 g/mol. The Kier molecular flexibility index (Phi) is 2.95. The summed E-state index contributed by atoms with van der Waals surface area (Å²) in [6.07, 6.45) is 7.43. The van der Waals surface area contributed by atoms with Crippen LogP contribution in [0.1, 0.15) is 42.9 Å². The zero-order chi connectivity index (χ0) is 11.8. The first-order chi connectivity index (χ1) is 8.28. The first kappa shape index (κ1) is 11.3. The second-order valence-corrected chi connectivity index (χ2v) is 5.78. The van der Waals surface area contributed by atoms with Crippen LogP contribution in [0.25, 0.3) is 4.48 Å². The Morgan fingerprint density at radius 2 is 2.12 bits per heavy atom. The van der Waals surface area contributed by atoms with Crippen LogP contribution in [0.15, 0.2) is 18.2 Å². The van der Waals surface area contributed by atoms with E-state index in [1.165, 1.54) is 31.2 Å². The van der Waals surface area contributed by atoms with Crippen LogP contribution in [-0.2, 0) is 0 Å². The molecule has 0 saturated heterocycles. The Labute approximate surface area is 110 Å². The Bertz CT molecular complexity index is 461. The minimum Gasteiger partial charge on any atom is -0.481 e. The van der Waals surface area contributed by atoms with E-state index in [1.807, 2.05) is 0 Å². The lowest BCUT2D eigenvalue weighted by atomic mass is 10.1. The fourth-order valence-corrected chi connectivity index (χ4v) is 2.60. The molecule has 0 spiro atoms. The fraction of sp³-hybridized carbons (Fsp3) is 0.500. The molecule has 0 unspecified atom stereocenters. The van der Waals surface area contributed by atoms with Crippen molar-refractivity contribution in [2.45, 2.75) is 31.6 Å². The van der Waals surface area contributed by atoms with Gasteiger partial charge in [0.1, 0.15) is 0 Å². The quantitative estimate of drug-likeness (QED) is 0.833. The van der Waals surface area contributed by atoms with Crippen molar-refractivity contribution in [3.8, 4) is 5.88 Å². The summed E-state index contributed by atoms with van der Waals surface area (Å²) >= 11 is 3.61. The Morgan fingerprint density at radius 3 is 2.71 bits per heavy atom. The maximum Gasteiger partial charge on any atom is 0.217 e. The third-order valence-corrected chi connectivity index (χ3v) is 4.02. The molecular formula is C14H16BrNO. The minimum absolute atomic E-state index is 0.678. The minimum atomic E-state index is 0.678. The SMILES string of the molecule is COc1nc(/C(Br)=C/C2CC2)ccc1C1CC1. The summed E-state index contributed by atoms with van der Waals surface area (Å²) in [6.45, 7) is 0. The molecule has 3 rings (SSSR count). The number of pyridine rings is 1. The molecule has 0 radical (unpaired) electrons. The van der Waals surface area contributed by atoms with Gasteiger partial charge in [-0.25, -0.2) is 4.98 Å². The van der Waals surface area contributed by atoms with Gasteiger partial charge in [-0.05, 0) is 59.5 Å². The summed E-state index contributed by atoms with van der Waals surface area (Å²) in [5.41, 5.74) is 2.25. The van der Waals surface area contributed by atoms with Crippen molar-refractivity contribution in [3.05, 3.63) is 29.5 Å². The van der Waals surface area contributed by atoms with Crippen LogP contribution in [0.5, 0.6) is 5.88 Å². The summed E-state index contributed by atoms with van der Waals surface area (Å²) in [5.74, 6) is 2.23. The standard InChI is InChI=1S/C14H16BrNO/c1-17-14-11(10-4-5-10)6-7-13(16-14)12(15)8-9-2-3-9/h6-10H,2-5H2,1H3/b12-8-. The number of nitrogens with zero attached hydrogens (tertiary/aromatic N) is 1. The van der Waals surface area contributed by atoms with Crippen molar-refractivity contribution >= 4 is 20.4 Å². The highest BCUT2D eigenvalue weighted by Crippen LogP contribution is 2.44. The van der Waals surface area contributed by atoms with Crippen LogP contribution in [0.2, 0.25) is 0 Å². The molecule has 1 aromatic heterocycles. The van der Waals surface area contributed by atoms with Gasteiger partial charge in [0.25, 0.3) is 0 Å². The topological polar surface area (TPSA) is 22.1 Å². The number of methoxy groups -OCH3 is 1. The molecule has 2 nitrogen and oxygen atoms in total. The molecule has 17 heavy (non-hydrogen) atoms. The number of ether oxygens (including phenoxy) is 1. The summed E-state index contributed by atoms with van der Waals surface area (Å²) in [7, 11) is 1.70. The van der Waals surface area contributed by atoms with Crippen molar-refractivity contribution in [2.75, 3.05) is 7.11 Å². The summed E-state index contributed by atoms with van der Waals surface area (Å²) < 4.78 is 6.50. The van der Waals surface area contributed by atoms with Gasteiger partial charge in [-0.1, -0.05) is 12.1 Å². The number of halogens is 1. The van der Waals surface area contributed by atoms with Crippen molar-refractivity contribution in [1.29, 1.82) is 0 Å². The molecule has 2 saturated carbocycles. The number of allylic oxidation sites excluding steroid dienone is 1. The lowest BCUT2D eigenvalue weighted by Crippen LogP contribution is -1.96. The molecular weight excluding hydrogens is 278 g/mol. The Balaban J connectivity index is 1.89. The largest absolute Gasteiger partial charge is 0.481 e. The Hall–Kier alpha value is -0.830. The molecule has 0 atom stereocenters. The van der Waals surface area contributed by atoms with Gasteiger partial charge in [-0.2, -0.15) is 0 Å².